The summed E-state index contributed by atoms with van der Waals surface area (Å²) in [5, 5.41) is 16.3. The molecule has 7 rings (SSSR count). The Labute approximate surface area is 358 Å². The molecular weight excluding hydrogens is 826 g/mol. The molecule has 12 nitrogen and oxygen atoms in total. The van der Waals surface area contributed by atoms with E-state index in [9.17, 15) is 23.3 Å². The number of anilines is 2. The Morgan fingerprint density at radius 1 is 0.881 bits per heavy atom. The van der Waals surface area contributed by atoms with Gasteiger partial charge >= 0.3 is 0 Å². The summed E-state index contributed by atoms with van der Waals surface area (Å²) in [5.41, 5.74) is 4.09. The number of carbonyl (C=O) groups is 1. The van der Waals surface area contributed by atoms with E-state index in [2.05, 4.69) is 43.2 Å². The molecule has 16 heteroatoms. The van der Waals surface area contributed by atoms with Crippen LogP contribution in [0.4, 0.5) is 17.1 Å². The van der Waals surface area contributed by atoms with E-state index < -0.39 is 31.4 Å². The molecule has 0 aliphatic carbocycles. The smallest absolute Gasteiger partial charge is 0.293 e. The van der Waals surface area contributed by atoms with Crippen LogP contribution in [0.3, 0.4) is 0 Å². The van der Waals surface area contributed by atoms with Crippen molar-refractivity contribution in [1.82, 2.24) is 19.5 Å². The van der Waals surface area contributed by atoms with Gasteiger partial charge in [-0.25, -0.2) is 18.1 Å². The minimum atomic E-state index is -4.47. The summed E-state index contributed by atoms with van der Waals surface area (Å²) in [5.74, 6) is 1.89. The second-order valence-corrected chi connectivity index (χ2v) is 18.8. The number of amides is 1. The molecule has 1 aromatic heterocycles. The number of nitro benzene ring substituents is 1. The van der Waals surface area contributed by atoms with Gasteiger partial charge in [-0.15, -0.1) is 11.8 Å². The average Bonchev–Trinajstić information content (AvgIpc) is 3.26. The van der Waals surface area contributed by atoms with Crippen molar-refractivity contribution >= 4 is 68.1 Å². The molecule has 59 heavy (non-hydrogen) atoms. The molecule has 0 unspecified atom stereocenters. The van der Waals surface area contributed by atoms with Crippen molar-refractivity contribution < 1.29 is 18.1 Å². The van der Waals surface area contributed by atoms with Crippen LogP contribution in [0.5, 0.6) is 0 Å². The van der Waals surface area contributed by atoms with E-state index in [-0.39, 0.29) is 17.4 Å². The minimum absolute atomic E-state index is 0.0892. The molecule has 1 amide bonds. The lowest BCUT2D eigenvalue weighted by atomic mass is 9.99. The zero-order chi connectivity index (χ0) is 41.2. The summed E-state index contributed by atoms with van der Waals surface area (Å²) < 4.78 is 28.9. The van der Waals surface area contributed by atoms with Crippen LogP contribution in [0.25, 0.3) is 11.1 Å². The fourth-order valence-electron chi connectivity index (χ4n) is 7.16. The first-order valence-electron chi connectivity index (χ1n) is 19.5. The van der Waals surface area contributed by atoms with Gasteiger partial charge in [-0.05, 0) is 71.6 Å². The van der Waals surface area contributed by atoms with Crippen LogP contribution in [0, 0.1) is 10.1 Å². The summed E-state index contributed by atoms with van der Waals surface area (Å²) >= 11 is 9.72. The summed E-state index contributed by atoms with van der Waals surface area (Å²) in [4.78, 5) is 36.8. The Hall–Kier alpha value is -4.64. The van der Waals surface area contributed by atoms with Crippen LogP contribution in [-0.4, -0.2) is 103 Å². The van der Waals surface area contributed by atoms with E-state index in [0.29, 0.717) is 10.8 Å². The molecule has 1 atom stereocenters. The monoisotopic (exact) mass is 871 g/mol. The quantitative estimate of drug-likeness (QED) is 0.0569. The van der Waals surface area contributed by atoms with Crippen LogP contribution in [0.15, 0.2) is 125 Å². The van der Waals surface area contributed by atoms with Crippen LogP contribution >= 0.6 is 35.1 Å². The number of nitrogens with zero attached hydrogens (tertiary/aromatic N) is 5. The lowest BCUT2D eigenvalue weighted by molar-refractivity contribution is -0.384. The number of pyridine rings is 1. The third-order valence-corrected chi connectivity index (χ3v) is 14.1. The Morgan fingerprint density at radius 2 is 1.61 bits per heavy atom. The fraction of sp³-hybridized carbons (Fsp3) is 0.302. The highest BCUT2D eigenvalue weighted by Crippen LogP contribution is 2.31. The lowest BCUT2D eigenvalue weighted by Gasteiger charge is -2.36. The van der Waals surface area contributed by atoms with Crippen LogP contribution in [-0.2, 0) is 16.6 Å². The second kappa shape index (κ2) is 20.1. The number of hydrogen-bond donors (Lipinski definition) is 2. The van der Waals surface area contributed by atoms with E-state index in [1.54, 1.807) is 24.0 Å². The third kappa shape index (κ3) is 11.6. The van der Waals surface area contributed by atoms with Gasteiger partial charge in [0, 0.05) is 91.6 Å². The van der Waals surface area contributed by atoms with Crippen LogP contribution < -0.4 is 14.9 Å². The predicted molar refractivity (Wildman–Crippen MR) is 239 cm³/mol. The fourth-order valence-corrected chi connectivity index (χ4v) is 10.2. The Bertz CT molecular complexity index is 2310. The van der Waals surface area contributed by atoms with Crippen molar-refractivity contribution in [2.45, 2.75) is 28.8 Å². The highest BCUT2D eigenvalue weighted by atomic mass is 35.5. The first-order valence-corrected chi connectivity index (χ1v) is 23.5. The number of nitrogens with one attached hydrogen (secondary N) is 2. The molecule has 5 aromatic rings. The van der Waals surface area contributed by atoms with Gasteiger partial charge in [0.05, 0.1) is 21.7 Å². The van der Waals surface area contributed by atoms with E-state index >= 15 is 0 Å². The van der Waals surface area contributed by atoms with Gasteiger partial charge in [-0.2, -0.15) is 11.8 Å². The number of benzene rings is 4. The van der Waals surface area contributed by atoms with Gasteiger partial charge in [0.15, 0.2) is 0 Å². The number of rotatable bonds is 16. The van der Waals surface area contributed by atoms with E-state index in [0.717, 1.165) is 92.5 Å². The summed E-state index contributed by atoms with van der Waals surface area (Å²) in [6.45, 7) is 6.78. The minimum Gasteiger partial charge on any atom is -0.376 e. The van der Waals surface area contributed by atoms with Crippen molar-refractivity contribution in [3.8, 4) is 11.1 Å². The molecule has 308 valence electrons. The van der Waals surface area contributed by atoms with Crippen LogP contribution in [0.1, 0.15) is 22.5 Å². The lowest BCUT2D eigenvalue weighted by Crippen LogP contribution is -2.46. The number of sulfonamides is 1. The van der Waals surface area contributed by atoms with Crippen LogP contribution in [0.2, 0.25) is 5.02 Å². The molecule has 2 saturated heterocycles. The average molecular weight is 873 g/mol. The molecule has 2 N–H and O–H groups in total. The van der Waals surface area contributed by atoms with Crippen molar-refractivity contribution in [2.75, 3.05) is 73.3 Å². The third-order valence-electron chi connectivity index (χ3n) is 10.4. The van der Waals surface area contributed by atoms with Crippen molar-refractivity contribution in [2.24, 2.45) is 0 Å². The maximum atomic E-state index is 13.4. The van der Waals surface area contributed by atoms with E-state index in [4.69, 9.17) is 11.6 Å². The Morgan fingerprint density at radius 3 is 2.32 bits per heavy atom. The Balaban J connectivity index is 0.958. The molecule has 0 saturated carbocycles. The number of halogens is 1. The number of piperazine rings is 1. The molecular formula is C43H46ClN7O5S3. The molecule has 2 fully saturated rings. The zero-order valence-corrected chi connectivity index (χ0v) is 35.6. The highest BCUT2D eigenvalue weighted by Gasteiger charge is 2.26. The topological polar surface area (TPSA) is 141 Å². The predicted octanol–water partition coefficient (Wildman–Crippen LogP) is 7.76. The van der Waals surface area contributed by atoms with Gasteiger partial charge in [-0.1, -0.05) is 66.2 Å². The second-order valence-electron chi connectivity index (χ2n) is 14.4. The number of thioether (sulfide) groups is 2. The van der Waals surface area contributed by atoms with Gasteiger partial charge in [0.1, 0.15) is 11.4 Å². The summed E-state index contributed by atoms with van der Waals surface area (Å²) in [6.07, 6.45) is 2.32. The SMILES string of the molecule is O=C(NS(=O)(=O)c1ccc(N[C@H](CCN2CCSCC2)CSc2ccccc2)c([N+](=O)[O-])c1)c1ccc(N2CCN(Cc3ccccc3-c3ccc(Cl)cc3)CC2)cn1. The summed E-state index contributed by atoms with van der Waals surface area (Å²) in [6, 6.07) is 33.0. The number of nitro groups is 1. The molecule has 2 aliphatic heterocycles. The van der Waals surface area contributed by atoms with Gasteiger partial charge in [-0.3, -0.25) is 19.8 Å². The molecule has 0 spiro atoms. The van der Waals surface area contributed by atoms with E-state index in [1.165, 1.54) is 29.3 Å². The molecule has 3 heterocycles. The molecule has 2 aliphatic rings. The number of hydrogen-bond acceptors (Lipinski definition) is 12. The normalized spacial score (nSPS) is 15.7. The van der Waals surface area contributed by atoms with Gasteiger partial charge in [0.2, 0.25) is 0 Å². The Kier molecular flexibility index (Phi) is 14.5. The first-order chi connectivity index (χ1) is 28.6. The molecule has 4 aromatic carbocycles. The number of carbonyl (C=O) groups excluding carboxylic acids is 1. The largest absolute Gasteiger partial charge is 0.376 e. The van der Waals surface area contributed by atoms with Crippen molar-refractivity contribution in [3.63, 3.8) is 0 Å². The van der Waals surface area contributed by atoms with Crippen molar-refractivity contribution in [3.05, 3.63) is 142 Å². The maximum Gasteiger partial charge on any atom is 0.293 e. The highest BCUT2D eigenvalue weighted by molar-refractivity contribution is 7.99. The summed E-state index contributed by atoms with van der Waals surface area (Å²) in [7, 11) is -4.47. The maximum absolute atomic E-state index is 13.4. The molecule has 0 radical (unpaired) electrons. The first kappa shape index (κ1) is 42.5. The number of aromatic nitrogens is 1. The van der Waals surface area contributed by atoms with Gasteiger partial charge < -0.3 is 15.1 Å². The molecule has 0 bridgehead atoms. The van der Waals surface area contributed by atoms with Gasteiger partial charge in [0.25, 0.3) is 21.6 Å². The zero-order valence-electron chi connectivity index (χ0n) is 32.4. The van der Waals surface area contributed by atoms with E-state index in [1.807, 2.05) is 77.1 Å². The standard InChI is InChI=1S/C43H46ClN7O5S3/c44-34-12-10-32(11-13-34)39-9-5-4-6-33(39)30-49-20-22-50(23-21-49)36-14-16-41(45-29-36)43(52)47-59(55,56)38-15-17-40(42(28-38)51(53)54)46-35(18-19-48-24-26-57-27-25-48)31-58-37-7-2-1-3-8-37/h1-17,28-29,35,46H,18-27,30-31H2,(H,47,52)/t35-/m1/s1. The van der Waals surface area contributed by atoms with Crippen molar-refractivity contribution in [1.29, 1.82) is 0 Å².